The lowest BCUT2D eigenvalue weighted by atomic mass is 10.0. The number of sulfonamides is 1. The summed E-state index contributed by atoms with van der Waals surface area (Å²) in [6, 6.07) is 4.48. The molecule has 0 saturated carbocycles. The molecule has 144 valence electrons. The van der Waals surface area contributed by atoms with Gasteiger partial charge in [-0.2, -0.15) is 0 Å². The second-order valence-electron chi connectivity index (χ2n) is 6.06. The highest BCUT2D eigenvalue weighted by molar-refractivity contribution is 7.89. The van der Waals surface area contributed by atoms with Gasteiger partial charge in [-0.05, 0) is 31.0 Å². The van der Waals surface area contributed by atoms with Crippen molar-refractivity contribution in [2.75, 3.05) is 5.32 Å². The minimum atomic E-state index is -3.91. The molecule has 0 aliphatic heterocycles. The van der Waals surface area contributed by atoms with Gasteiger partial charge in [-0.25, -0.2) is 18.4 Å². The lowest BCUT2D eigenvalue weighted by Gasteiger charge is -2.22. The van der Waals surface area contributed by atoms with Crippen molar-refractivity contribution >= 4 is 33.5 Å². The van der Waals surface area contributed by atoms with E-state index in [9.17, 15) is 22.8 Å². The molecule has 1 aromatic rings. The molecule has 0 spiro atoms. The Bertz CT molecular complexity index is 791. The summed E-state index contributed by atoms with van der Waals surface area (Å²) >= 11 is 0. The molecular formula is C16H23N3O6S. The first-order valence-electron chi connectivity index (χ1n) is 7.83. The predicted octanol–water partition coefficient (Wildman–Crippen LogP) is 0.365. The summed E-state index contributed by atoms with van der Waals surface area (Å²) in [5, 5.41) is 9.96. The Hall–Kier alpha value is -2.46. The van der Waals surface area contributed by atoms with E-state index in [0.29, 0.717) is 0 Å². The van der Waals surface area contributed by atoms with Crippen LogP contribution in [0.3, 0.4) is 0 Å². The van der Waals surface area contributed by atoms with Crippen molar-refractivity contribution in [1.29, 1.82) is 0 Å². The van der Waals surface area contributed by atoms with Crippen LogP contribution < -0.4 is 15.8 Å². The minimum Gasteiger partial charge on any atom is -0.451 e. The number of hydrogen-bond donors (Lipinski definition) is 3. The topological polar surface area (TPSA) is 145 Å². The van der Waals surface area contributed by atoms with Gasteiger partial charge in [0.15, 0.2) is 6.10 Å². The minimum absolute atomic E-state index is 0.162. The number of benzene rings is 1. The highest BCUT2D eigenvalue weighted by Crippen LogP contribution is 2.15. The number of nitrogens with two attached hydrogens (primary N) is 1. The van der Waals surface area contributed by atoms with Gasteiger partial charge in [0, 0.05) is 12.6 Å². The van der Waals surface area contributed by atoms with Crippen LogP contribution in [0.4, 0.5) is 5.69 Å². The fraction of sp³-hybridized carbons (Fsp3) is 0.438. The van der Waals surface area contributed by atoms with Gasteiger partial charge in [-0.15, -0.1) is 0 Å². The average Bonchev–Trinajstić information content (AvgIpc) is 2.51. The number of carbonyl (C=O) groups is 3. The Morgan fingerprint density at radius 3 is 2.27 bits per heavy atom. The Morgan fingerprint density at radius 1 is 1.15 bits per heavy atom. The van der Waals surface area contributed by atoms with Gasteiger partial charge in [0.25, 0.3) is 5.91 Å². The van der Waals surface area contributed by atoms with Crippen molar-refractivity contribution in [2.24, 2.45) is 11.1 Å². The van der Waals surface area contributed by atoms with Crippen LogP contribution in [0.25, 0.3) is 0 Å². The van der Waals surface area contributed by atoms with Crippen molar-refractivity contribution in [3.63, 3.8) is 0 Å². The number of anilines is 1. The maximum Gasteiger partial charge on any atom is 0.329 e. The lowest BCUT2D eigenvalue weighted by Crippen LogP contribution is -2.46. The molecule has 0 aliphatic carbocycles. The van der Waals surface area contributed by atoms with Gasteiger partial charge >= 0.3 is 5.97 Å². The van der Waals surface area contributed by atoms with E-state index >= 15 is 0 Å². The zero-order chi connectivity index (χ0) is 20.1. The molecule has 2 amide bonds. The highest BCUT2D eigenvalue weighted by atomic mass is 32.2. The Labute approximate surface area is 152 Å². The molecule has 26 heavy (non-hydrogen) atoms. The first-order valence-corrected chi connectivity index (χ1v) is 9.37. The molecule has 0 bridgehead atoms. The summed E-state index contributed by atoms with van der Waals surface area (Å²) in [6.07, 6.45) is -1.16. The van der Waals surface area contributed by atoms with E-state index in [1.54, 1.807) is 13.8 Å². The van der Waals surface area contributed by atoms with Crippen LogP contribution in [0.15, 0.2) is 29.2 Å². The number of primary sulfonamides is 1. The molecule has 4 N–H and O–H groups in total. The van der Waals surface area contributed by atoms with Crippen molar-refractivity contribution in [1.82, 2.24) is 5.32 Å². The molecule has 0 radical (unpaired) electrons. The molecule has 0 saturated heterocycles. The summed E-state index contributed by atoms with van der Waals surface area (Å²) in [5.41, 5.74) is 0.187. The van der Waals surface area contributed by atoms with E-state index in [1.807, 2.05) is 0 Å². The third kappa shape index (κ3) is 6.45. The van der Waals surface area contributed by atoms with Crippen LogP contribution in [0, 0.1) is 5.92 Å². The quantitative estimate of drug-likeness (QED) is 0.578. The maximum atomic E-state index is 12.2. The highest BCUT2D eigenvalue weighted by Gasteiger charge is 2.28. The monoisotopic (exact) mass is 385 g/mol. The number of esters is 1. The molecule has 0 unspecified atom stereocenters. The number of nitrogens with one attached hydrogen (secondary N) is 2. The van der Waals surface area contributed by atoms with Crippen LogP contribution in [0.1, 0.15) is 27.7 Å². The van der Waals surface area contributed by atoms with Gasteiger partial charge in [0.1, 0.15) is 6.04 Å². The van der Waals surface area contributed by atoms with E-state index in [-0.39, 0.29) is 16.5 Å². The first-order chi connectivity index (χ1) is 11.9. The smallest absolute Gasteiger partial charge is 0.329 e. The molecule has 10 heteroatoms. The number of rotatable bonds is 7. The third-order valence-electron chi connectivity index (χ3n) is 3.37. The van der Waals surface area contributed by atoms with Crippen molar-refractivity contribution in [2.45, 2.75) is 44.7 Å². The van der Waals surface area contributed by atoms with Gasteiger partial charge in [0.2, 0.25) is 15.9 Å². The normalized spacial score (nSPS) is 13.6. The van der Waals surface area contributed by atoms with Crippen molar-refractivity contribution in [3.8, 4) is 0 Å². The van der Waals surface area contributed by atoms with Crippen LogP contribution in [0.5, 0.6) is 0 Å². The molecule has 2 atom stereocenters. The molecule has 0 aromatic heterocycles. The second kappa shape index (κ2) is 8.77. The second-order valence-corrected chi connectivity index (χ2v) is 7.62. The summed E-state index contributed by atoms with van der Waals surface area (Å²) in [4.78, 5) is 35.3. The maximum absolute atomic E-state index is 12.2. The van der Waals surface area contributed by atoms with Gasteiger partial charge in [-0.3, -0.25) is 9.59 Å². The zero-order valence-electron chi connectivity index (χ0n) is 15.0. The van der Waals surface area contributed by atoms with Crippen LogP contribution in [0.2, 0.25) is 0 Å². The largest absolute Gasteiger partial charge is 0.451 e. The van der Waals surface area contributed by atoms with Gasteiger partial charge in [0.05, 0.1) is 4.90 Å². The van der Waals surface area contributed by atoms with Crippen LogP contribution >= 0.6 is 0 Å². The molecule has 1 rings (SSSR count). The number of amides is 2. The van der Waals surface area contributed by atoms with E-state index in [0.717, 1.165) is 0 Å². The van der Waals surface area contributed by atoms with Crippen LogP contribution in [-0.2, 0) is 29.1 Å². The predicted molar refractivity (Wildman–Crippen MR) is 94.4 cm³/mol. The number of carbonyl (C=O) groups excluding carboxylic acids is 3. The lowest BCUT2D eigenvalue weighted by molar-refractivity contribution is -0.157. The fourth-order valence-corrected chi connectivity index (χ4v) is 2.57. The third-order valence-corrected chi connectivity index (χ3v) is 4.28. The molecule has 9 nitrogen and oxygen atoms in total. The Kier molecular flexibility index (Phi) is 7.28. The summed E-state index contributed by atoms with van der Waals surface area (Å²) in [7, 11) is -3.91. The summed E-state index contributed by atoms with van der Waals surface area (Å²) in [5.74, 6) is -2.02. The van der Waals surface area contributed by atoms with E-state index in [4.69, 9.17) is 9.88 Å². The van der Waals surface area contributed by atoms with Crippen molar-refractivity contribution < 1.29 is 27.5 Å². The molecule has 0 aliphatic rings. The van der Waals surface area contributed by atoms with E-state index in [1.165, 1.54) is 38.1 Å². The zero-order valence-corrected chi connectivity index (χ0v) is 15.8. The standard InChI is InChI=1S/C16H23N3O6S/c1-9(2)14(18-11(4)20)16(22)25-10(3)15(21)19-12-6-5-7-13(8-12)26(17,23)24/h5-10,14H,1-4H3,(H,18,20)(H,19,21)(H2,17,23,24)/t10-,14-/m0/s1. The summed E-state index contributed by atoms with van der Waals surface area (Å²) < 4.78 is 27.8. The average molecular weight is 385 g/mol. The Morgan fingerprint density at radius 2 is 1.77 bits per heavy atom. The van der Waals surface area contributed by atoms with E-state index < -0.39 is 40.0 Å². The Balaban J connectivity index is 2.79. The van der Waals surface area contributed by atoms with E-state index in [2.05, 4.69) is 10.6 Å². The fourth-order valence-electron chi connectivity index (χ4n) is 2.01. The van der Waals surface area contributed by atoms with Gasteiger partial charge in [-0.1, -0.05) is 19.9 Å². The number of ether oxygens (including phenoxy) is 1. The first kappa shape index (κ1) is 21.6. The molecule has 0 fully saturated rings. The SMILES string of the molecule is CC(=O)N[C@H](C(=O)O[C@@H](C)C(=O)Nc1cccc(S(N)(=O)=O)c1)C(C)C. The molecule has 0 heterocycles. The number of hydrogen-bond acceptors (Lipinski definition) is 6. The molecule has 1 aromatic carbocycles. The van der Waals surface area contributed by atoms with Gasteiger partial charge < -0.3 is 15.4 Å². The van der Waals surface area contributed by atoms with Crippen molar-refractivity contribution in [3.05, 3.63) is 24.3 Å². The van der Waals surface area contributed by atoms with Crippen LogP contribution in [-0.4, -0.2) is 38.3 Å². The molecular weight excluding hydrogens is 362 g/mol. The summed E-state index contributed by atoms with van der Waals surface area (Å²) in [6.45, 7) is 6.09.